The fourth-order valence-corrected chi connectivity index (χ4v) is 21.4. The van der Waals surface area contributed by atoms with Crippen molar-refractivity contribution in [3.63, 3.8) is 0 Å². The molecule has 18 aromatic carbocycles. The molecule has 0 aliphatic carbocycles. The van der Waals surface area contributed by atoms with Gasteiger partial charge in [-0.05, 0) is 316 Å². The van der Waals surface area contributed by atoms with Crippen molar-refractivity contribution in [2.75, 3.05) is 0 Å². The van der Waals surface area contributed by atoms with Gasteiger partial charge in [-0.25, -0.2) is 0 Å². The molecule has 626 valence electrons. The lowest BCUT2D eigenvalue weighted by atomic mass is 9.91. The highest BCUT2D eigenvalue weighted by atomic mass is 15.0. The van der Waals surface area contributed by atoms with Gasteiger partial charge < -0.3 is 27.4 Å². The van der Waals surface area contributed by atoms with E-state index in [1.54, 1.807) is 0 Å². The summed E-state index contributed by atoms with van der Waals surface area (Å²) in [5.41, 5.74) is 37.3. The summed E-state index contributed by atoms with van der Waals surface area (Å²) in [7, 11) is 0. The number of aryl methyl sites for hydroxylation is 2. The molecule has 1 unspecified atom stereocenters. The molecule has 0 saturated carbocycles. The van der Waals surface area contributed by atoms with Gasteiger partial charge in [0.1, 0.15) is 0 Å². The van der Waals surface area contributed by atoms with Gasteiger partial charge in [-0.15, -0.1) is 0 Å². The van der Waals surface area contributed by atoms with Crippen LogP contribution in [0.5, 0.6) is 0 Å². The van der Waals surface area contributed by atoms with E-state index in [1.807, 2.05) is 36.4 Å². The Hall–Kier alpha value is -16.8. The van der Waals surface area contributed by atoms with E-state index in [-0.39, 0.29) is 5.92 Å². The molecule has 0 aliphatic rings. The van der Waals surface area contributed by atoms with Gasteiger partial charge in [0.15, 0.2) is 0 Å². The highest BCUT2D eigenvalue weighted by molar-refractivity contribution is 6.15. The number of fused-ring (bicyclic) bond motifs is 18. The molecule has 0 bridgehead atoms. The number of hydrogen-bond acceptors (Lipinski definition) is 3. The second kappa shape index (κ2) is 31.0. The SMILES string of the molecule is CCc1ccc2c(c1)c1cc(Cc3ccc4c(c3)c3ccccc3n4-c3cc(C#N)cc(-c4ccc(-n5c6ccccc6c6cc(C)ccc65)cc4)c3)ccc1n2-c1ccc(-c2cc(C#N)cc(-n3c4ccccc4c4cc(C(C)c5ccc6c(c5)c5cc(C(C)C)ccc5n6-c5ccc(-c6cc(C#N)cc(-n7c8ccccc8c8cc(C(C)C)ccc87)c6)cc5)ccc43)c2)cc1. The van der Waals surface area contributed by atoms with Gasteiger partial charge in [-0.3, -0.25) is 0 Å². The lowest BCUT2D eigenvalue weighted by Crippen LogP contribution is -1.98. The zero-order valence-corrected chi connectivity index (χ0v) is 74.4. The molecule has 132 heavy (non-hydrogen) atoms. The van der Waals surface area contributed by atoms with Crippen LogP contribution in [0, 0.1) is 40.9 Å². The highest BCUT2D eigenvalue weighted by Crippen LogP contribution is 2.46. The first kappa shape index (κ1) is 78.7. The van der Waals surface area contributed by atoms with E-state index < -0.39 is 0 Å². The van der Waals surface area contributed by atoms with E-state index in [4.69, 9.17) is 0 Å². The Bertz CT molecular complexity index is 9100. The smallest absolute Gasteiger partial charge is 0.0992 e. The maximum atomic E-state index is 10.9. The van der Waals surface area contributed by atoms with Crippen LogP contribution in [0.2, 0.25) is 0 Å². The van der Waals surface area contributed by atoms with Gasteiger partial charge in [-0.2, -0.15) is 15.8 Å². The number of nitriles is 3. The van der Waals surface area contributed by atoms with Crippen LogP contribution in [0.3, 0.4) is 0 Å². The molecule has 0 spiro atoms. The van der Waals surface area contributed by atoms with Crippen molar-refractivity contribution in [3.05, 3.63) is 431 Å². The minimum Gasteiger partial charge on any atom is -0.309 e. The zero-order chi connectivity index (χ0) is 89.0. The van der Waals surface area contributed by atoms with Gasteiger partial charge >= 0.3 is 0 Å². The summed E-state index contributed by atoms with van der Waals surface area (Å²) >= 11 is 0. The second-order valence-corrected chi connectivity index (χ2v) is 36.6. The van der Waals surface area contributed by atoms with E-state index in [9.17, 15) is 15.8 Å². The van der Waals surface area contributed by atoms with Gasteiger partial charge in [0.2, 0.25) is 0 Å². The summed E-state index contributed by atoms with van der Waals surface area (Å²) < 4.78 is 14.1. The van der Waals surface area contributed by atoms with Crippen molar-refractivity contribution in [2.24, 2.45) is 0 Å². The Morgan fingerprint density at radius 2 is 0.477 bits per heavy atom. The van der Waals surface area contributed by atoms with Crippen LogP contribution in [0.4, 0.5) is 0 Å². The van der Waals surface area contributed by atoms with Crippen LogP contribution in [-0.2, 0) is 12.8 Å². The van der Waals surface area contributed by atoms with Gasteiger partial charge in [-0.1, -0.05) is 205 Å². The average Bonchev–Trinajstić information content (AvgIpc) is 1.61. The maximum absolute atomic E-state index is 10.9. The predicted molar refractivity (Wildman–Crippen MR) is 548 cm³/mol. The van der Waals surface area contributed by atoms with Crippen LogP contribution in [0.15, 0.2) is 370 Å². The first-order valence-electron chi connectivity index (χ1n) is 45.9. The Balaban J connectivity index is 0.519. The van der Waals surface area contributed by atoms with Crippen LogP contribution >= 0.6 is 0 Å². The fourth-order valence-electron chi connectivity index (χ4n) is 21.4. The van der Waals surface area contributed by atoms with Gasteiger partial charge in [0.25, 0.3) is 0 Å². The summed E-state index contributed by atoms with van der Waals surface area (Å²) in [6.45, 7) is 15.7. The molecule has 6 heterocycles. The summed E-state index contributed by atoms with van der Waals surface area (Å²) in [6.07, 6.45) is 1.66. The number of benzene rings is 18. The molecule has 9 heteroatoms. The Labute approximate surface area is 764 Å². The standard InChI is InChI=1S/C123H89N9/c1-8-78-26-46-118-106(61-78)107-63-80(54-79-27-47-117-105(62-79)101-18-10-14-22-113(101)130(117)97-58-81(71-124)55-91(64-97)84-29-39-94(40-30-84)127-112-21-13-9-17-100(112)104-53-76(6)25-45-116(104)127)28-48-119(107)128(118)95-41-31-85(32-42-95)93-57-83(73-126)60-99(66-93)132-115-24-16-12-20-103(115)109-69-89(37-51-121(109)132)77(7)90-38-52-123-111(70-90)110-68-88(75(4)5)36-50-122(110)129(123)96-43-33-86(34-44-96)92-56-82(72-125)59-98(65-92)131-114-23-15-11-19-102(114)108-67-87(74(2)3)35-49-120(108)131/h9-53,55-70,74-75,77H,8,54H2,1-7H3. The molecule has 24 aromatic rings. The third-order valence-corrected chi connectivity index (χ3v) is 28.1. The molecule has 9 nitrogen and oxygen atoms in total. The number of para-hydroxylation sites is 4. The van der Waals surface area contributed by atoms with Crippen molar-refractivity contribution in [3.8, 4) is 85.7 Å². The molecular weight excluding hydrogens is 1600 g/mol. The first-order chi connectivity index (χ1) is 64.7. The fraction of sp³-hybridized carbons (Fsp3) is 0.0976. The average molecular weight is 1690 g/mol. The normalized spacial score (nSPS) is 12.2. The summed E-state index contributed by atoms with van der Waals surface area (Å²) in [5.74, 6) is 0.787. The van der Waals surface area contributed by atoms with E-state index in [0.717, 1.165) is 157 Å². The number of hydrogen-bond donors (Lipinski definition) is 0. The van der Waals surface area contributed by atoms with Crippen molar-refractivity contribution in [1.82, 2.24) is 27.4 Å². The maximum Gasteiger partial charge on any atom is 0.0992 e. The van der Waals surface area contributed by atoms with Crippen LogP contribution in [-0.4, -0.2) is 27.4 Å². The first-order valence-corrected chi connectivity index (χ1v) is 45.9. The monoisotopic (exact) mass is 1690 g/mol. The van der Waals surface area contributed by atoms with Gasteiger partial charge in [0, 0.05) is 105 Å². The Kier molecular flexibility index (Phi) is 18.5. The topological polar surface area (TPSA) is 101 Å². The summed E-state index contributed by atoms with van der Waals surface area (Å²) in [4.78, 5) is 0. The van der Waals surface area contributed by atoms with Crippen molar-refractivity contribution >= 4 is 131 Å². The van der Waals surface area contributed by atoms with E-state index in [1.165, 1.54) is 98.6 Å². The molecule has 0 amide bonds. The predicted octanol–water partition coefficient (Wildman–Crippen LogP) is 31.7. The highest BCUT2D eigenvalue weighted by Gasteiger charge is 2.25. The van der Waals surface area contributed by atoms with Crippen molar-refractivity contribution < 1.29 is 0 Å². The molecule has 6 aromatic heterocycles. The second-order valence-electron chi connectivity index (χ2n) is 36.6. The zero-order valence-electron chi connectivity index (χ0n) is 74.4. The minimum atomic E-state index is 0.0434. The number of aromatic nitrogens is 6. The molecule has 0 radical (unpaired) electrons. The Morgan fingerprint density at radius 3 is 0.811 bits per heavy atom. The van der Waals surface area contributed by atoms with Crippen molar-refractivity contribution in [1.29, 1.82) is 15.8 Å². The third-order valence-electron chi connectivity index (χ3n) is 28.1. The largest absolute Gasteiger partial charge is 0.309 e. The third kappa shape index (κ3) is 12.8. The van der Waals surface area contributed by atoms with Crippen molar-refractivity contribution in [2.45, 2.75) is 79.1 Å². The molecule has 0 aliphatic heterocycles. The molecule has 0 saturated heterocycles. The quantitative estimate of drug-likeness (QED) is 0.0963. The lowest BCUT2D eigenvalue weighted by molar-refractivity contribution is 0.868. The lowest BCUT2D eigenvalue weighted by Gasteiger charge is -2.15. The molecular formula is C123H89N9. The Morgan fingerprint density at radius 1 is 0.220 bits per heavy atom. The molecule has 24 rings (SSSR count). The number of rotatable bonds is 16. The van der Waals surface area contributed by atoms with Gasteiger partial charge in [0.05, 0.1) is 101 Å². The molecule has 1 atom stereocenters. The van der Waals surface area contributed by atoms with Crippen LogP contribution < -0.4 is 0 Å². The van der Waals surface area contributed by atoms with E-state index in [2.05, 4.69) is 428 Å². The summed E-state index contributed by atoms with van der Waals surface area (Å²) in [6, 6.07) is 143. The minimum absolute atomic E-state index is 0.0434. The van der Waals surface area contributed by atoms with E-state index >= 15 is 0 Å². The van der Waals surface area contributed by atoms with Crippen LogP contribution in [0.1, 0.15) is 120 Å². The number of nitrogens with zero attached hydrogens (tertiary/aromatic N) is 9. The van der Waals surface area contributed by atoms with Crippen LogP contribution in [0.25, 0.3) is 198 Å². The molecule has 0 N–H and O–H groups in total. The van der Waals surface area contributed by atoms with E-state index in [0.29, 0.717) is 28.5 Å². The molecule has 0 fully saturated rings. The summed E-state index contributed by atoms with van der Waals surface area (Å²) in [5, 5.41) is 46.5.